The second kappa shape index (κ2) is 3.72. The van der Waals surface area contributed by atoms with E-state index in [1.165, 1.54) is 30.4 Å². The maximum atomic E-state index is 9.58. The molecule has 2 heteroatoms. The van der Waals surface area contributed by atoms with Crippen LogP contribution in [0.4, 0.5) is 0 Å². The van der Waals surface area contributed by atoms with Gasteiger partial charge < -0.3 is 5.11 Å². The van der Waals surface area contributed by atoms with E-state index in [9.17, 15) is 5.11 Å². The summed E-state index contributed by atoms with van der Waals surface area (Å²) < 4.78 is 0. The molecule has 2 rings (SSSR count). The first-order valence-electron chi connectivity index (χ1n) is 4.72. The van der Waals surface area contributed by atoms with Gasteiger partial charge in [-0.25, -0.2) is 0 Å². The van der Waals surface area contributed by atoms with E-state index in [0.717, 1.165) is 5.56 Å². The molecule has 0 spiro atoms. The van der Waals surface area contributed by atoms with Gasteiger partial charge in [0, 0.05) is 5.75 Å². The number of aliphatic hydroxyl groups excluding tert-OH is 1. The largest absolute Gasteiger partial charge is 0.388 e. The maximum Gasteiger partial charge on any atom is 0.0878 e. The van der Waals surface area contributed by atoms with E-state index in [-0.39, 0.29) is 0 Å². The highest BCUT2D eigenvalue weighted by Gasteiger charge is 2.13. The van der Waals surface area contributed by atoms with E-state index in [4.69, 9.17) is 0 Å². The van der Waals surface area contributed by atoms with E-state index >= 15 is 0 Å². The highest BCUT2D eigenvalue weighted by Crippen LogP contribution is 2.25. The van der Waals surface area contributed by atoms with Gasteiger partial charge in [-0.2, -0.15) is 12.6 Å². The molecule has 1 aliphatic rings. The van der Waals surface area contributed by atoms with Crippen LogP contribution >= 0.6 is 12.6 Å². The number of rotatable bonds is 2. The maximum absolute atomic E-state index is 9.58. The SMILES string of the molecule is OC(CS)c1ccc2c(c1)CCC2. The van der Waals surface area contributed by atoms with Crippen molar-refractivity contribution < 1.29 is 5.11 Å². The topological polar surface area (TPSA) is 20.2 Å². The summed E-state index contributed by atoms with van der Waals surface area (Å²) >= 11 is 4.08. The third-order valence-electron chi connectivity index (χ3n) is 2.68. The monoisotopic (exact) mass is 194 g/mol. The predicted octanol–water partition coefficient (Wildman–Crippen LogP) is 2.14. The van der Waals surface area contributed by atoms with Crippen LogP contribution in [0.5, 0.6) is 0 Å². The number of aryl methyl sites for hydroxylation is 2. The van der Waals surface area contributed by atoms with Gasteiger partial charge in [0.1, 0.15) is 0 Å². The molecule has 0 radical (unpaired) electrons. The second-order valence-electron chi connectivity index (χ2n) is 3.58. The zero-order valence-electron chi connectivity index (χ0n) is 7.53. The zero-order valence-corrected chi connectivity index (χ0v) is 8.43. The van der Waals surface area contributed by atoms with Crippen molar-refractivity contribution in [1.29, 1.82) is 0 Å². The summed E-state index contributed by atoms with van der Waals surface area (Å²) in [6.07, 6.45) is 3.22. The molecule has 70 valence electrons. The third-order valence-corrected chi connectivity index (χ3v) is 3.03. The van der Waals surface area contributed by atoms with E-state index < -0.39 is 6.10 Å². The fraction of sp³-hybridized carbons (Fsp3) is 0.455. The predicted molar refractivity (Wildman–Crippen MR) is 57.3 cm³/mol. The molecule has 1 aromatic rings. The van der Waals surface area contributed by atoms with Crippen molar-refractivity contribution in [2.45, 2.75) is 25.4 Å². The Hall–Kier alpha value is -0.470. The van der Waals surface area contributed by atoms with Crippen LogP contribution in [0.15, 0.2) is 18.2 Å². The summed E-state index contributed by atoms with van der Waals surface area (Å²) in [4.78, 5) is 0. The number of benzene rings is 1. The lowest BCUT2D eigenvalue weighted by Crippen LogP contribution is -1.99. The minimum atomic E-state index is -0.408. The van der Waals surface area contributed by atoms with Gasteiger partial charge in [0.2, 0.25) is 0 Å². The summed E-state index contributed by atoms with van der Waals surface area (Å²) in [5.41, 5.74) is 3.88. The molecule has 0 saturated heterocycles. The molecule has 1 unspecified atom stereocenters. The number of thiol groups is 1. The van der Waals surface area contributed by atoms with Gasteiger partial charge in [0.15, 0.2) is 0 Å². The van der Waals surface area contributed by atoms with Crippen molar-refractivity contribution in [1.82, 2.24) is 0 Å². The Balaban J connectivity index is 2.30. The summed E-state index contributed by atoms with van der Waals surface area (Å²) in [6.45, 7) is 0. The van der Waals surface area contributed by atoms with Crippen LogP contribution < -0.4 is 0 Å². The molecule has 0 fully saturated rings. The first kappa shape index (κ1) is 9.10. The first-order valence-corrected chi connectivity index (χ1v) is 5.35. The highest BCUT2D eigenvalue weighted by molar-refractivity contribution is 7.80. The second-order valence-corrected chi connectivity index (χ2v) is 3.95. The molecular weight excluding hydrogens is 180 g/mol. The van der Waals surface area contributed by atoms with Gasteiger partial charge in [0.05, 0.1) is 6.10 Å². The Morgan fingerprint density at radius 1 is 1.31 bits per heavy atom. The summed E-state index contributed by atoms with van der Waals surface area (Å²) in [5.74, 6) is 0.499. The van der Waals surface area contributed by atoms with Crippen molar-refractivity contribution in [2.75, 3.05) is 5.75 Å². The average Bonchev–Trinajstić information content (AvgIpc) is 2.63. The molecule has 0 heterocycles. The lowest BCUT2D eigenvalue weighted by Gasteiger charge is -2.09. The molecule has 13 heavy (non-hydrogen) atoms. The Bertz CT molecular complexity index is 309. The number of aliphatic hydroxyl groups is 1. The molecular formula is C11H14OS. The fourth-order valence-electron chi connectivity index (χ4n) is 1.90. The molecule has 0 aromatic heterocycles. The molecule has 0 bridgehead atoms. The smallest absolute Gasteiger partial charge is 0.0878 e. The molecule has 0 amide bonds. The van der Waals surface area contributed by atoms with Gasteiger partial charge >= 0.3 is 0 Å². The van der Waals surface area contributed by atoms with Crippen molar-refractivity contribution in [3.63, 3.8) is 0 Å². The van der Waals surface area contributed by atoms with Crippen molar-refractivity contribution in [3.8, 4) is 0 Å². The Kier molecular flexibility index (Phi) is 2.61. The van der Waals surface area contributed by atoms with E-state index in [1.807, 2.05) is 6.07 Å². The molecule has 1 aromatic carbocycles. The van der Waals surface area contributed by atoms with Crippen LogP contribution in [0, 0.1) is 0 Å². The van der Waals surface area contributed by atoms with E-state index in [0.29, 0.717) is 5.75 Å². The average molecular weight is 194 g/mol. The van der Waals surface area contributed by atoms with Gasteiger partial charge in [-0.15, -0.1) is 0 Å². The Morgan fingerprint density at radius 2 is 2.08 bits per heavy atom. The van der Waals surface area contributed by atoms with Crippen LogP contribution in [0.25, 0.3) is 0 Å². The van der Waals surface area contributed by atoms with Crippen LogP contribution in [0.3, 0.4) is 0 Å². The van der Waals surface area contributed by atoms with Gasteiger partial charge in [0.25, 0.3) is 0 Å². The zero-order chi connectivity index (χ0) is 9.26. The summed E-state index contributed by atoms with van der Waals surface area (Å²) in [5, 5.41) is 9.58. The fourth-order valence-corrected chi connectivity index (χ4v) is 2.12. The molecule has 0 aliphatic heterocycles. The van der Waals surface area contributed by atoms with E-state index in [1.54, 1.807) is 0 Å². The Morgan fingerprint density at radius 3 is 2.85 bits per heavy atom. The van der Waals surface area contributed by atoms with Crippen LogP contribution in [-0.2, 0) is 12.8 Å². The minimum Gasteiger partial charge on any atom is -0.388 e. The standard InChI is InChI=1S/C11H14OS/c12-11(7-13)10-5-4-8-2-1-3-9(8)6-10/h4-6,11-13H,1-3,7H2. The molecule has 1 atom stereocenters. The first-order chi connectivity index (χ1) is 6.31. The normalized spacial score (nSPS) is 17.1. The summed E-state index contributed by atoms with van der Waals surface area (Å²) in [6, 6.07) is 6.29. The van der Waals surface area contributed by atoms with Crippen molar-refractivity contribution in [2.24, 2.45) is 0 Å². The van der Waals surface area contributed by atoms with Crippen molar-refractivity contribution in [3.05, 3.63) is 34.9 Å². The van der Waals surface area contributed by atoms with Crippen LogP contribution in [0.2, 0.25) is 0 Å². The number of hydrogen-bond donors (Lipinski definition) is 2. The molecule has 0 saturated carbocycles. The Labute approximate surface area is 84.2 Å². The minimum absolute atomic E-state index is 0.408. The third kappa shape index (κ3) is 1.74. The van der Waals surface area contributed by atoms with Gasteiger partial charge in [-0.1, -0.05) is 18.2 Å². The van der Waals surface area contributed by atoms with Gasteiger partial charge in [-0.3, -0.25) is 0 Å². The lowest BCUT2D eigenvalue weighted by atomic mass is 10.0. The van der Waals surface area contributed by atoms with Crippen LogP contribution in [0.1, 0.15) is 29.2 Å². The molecule has 1 N–H and O–H groups in total. The van der Waals surface area contributed by atoms with E-state index in [2.05, 4.69) is 24.8 Å². The number of fused-ring (bicyclic) bond motifs is 1. The molecule has 1 nitrogen and oxygen atoms in total. The van der Waals surface area contributed by atoms with Crippen molar-refractivity contribution >= 4 is 12.6 Å². The quantitative estimate of drug-likeness (QED) is 0.691. The lowest BCUT2D eigenvalue weighted by molar-refractivity contribution is 0.204. The molecule has 1 aliphatic carbocycles. The van der Waals surface area contributed by atoms with Gasteiger partial charge in [-0.05, 0) is 36.0 Å². The highest BCUT2D eigenvalue weighted by atomic mass is 32.1. The summed E-state index contributed by atoms with van der Waals surface area (Å²) in [7, 11) is 0. The van der Waals surface area contributed by atoms with Crippen LogP contribution in [-0.4, -0.2) is 10.9 Å². The number of hydrogen-bond acceptors (Lipinski definition) is 2.